The molecule has 17 heavy (non-hydrogen) atoms. The third kappa shape index (κ3) is 5.23. The maximum atomic E-state index is 9.86. The Balaban J connectivity index is 0.000000284. The summed E-state index contributed by atoms with van der Waals surface area (Å²) in [7, 11) is 0. The van der Waals surface area contributed by atoms with E-state index >= 15 is 0 Å². The van der Waals surface area contributed by atoms with Crippen LogP contribution in [-0.2, 0) is 0 Å². The second-order valence-electron chi connectivity index (χ2n) is 2.53. The van der Waals surface area contributed by atoms with E-state index in [1.807, 2.05) is 0 Å². The van der Waals surface area contributed by atoms with Gasteiger partial charge in [0, 0.05) is 0 Å². The maximum Gasteiger partial charge on any atom is 2.00 e. The minimum atomic E-state index is -1.28. The van der Waals surface area contributed by atoms with Crippen LogP contribution in [0.3, 0.4) is 0 Å². The summed E-state index contributed by atoms with van der Waals surface area (Å²) >= 11 is 0. The Kier molecular flexibility index (Phi) is 6.76. The summed E-state index contributed by atoms with van der Waals surface area (Å²) in [5.74, 6) is -2.83. The minimum absolute atomic E-state index is 0. The van der Waals surface area contributed by atoms with Crippen molar-refractivity contribution in [1.29, 1.82) is 0 Å². The summed E-state index contributed by atoms with van der Waals surface area (Å²) in [6.07, 6.45) is 2.57. The standard InChI is InChI=1S/2C5H4O3.Mg/c2*6-5(7)4-2-1-3-8-4;/h2*1-3H,(H,6,7);/q;;+2/p-2. The van der Waals surface area contributed by atoms with E-state index in [0.29, 0.717) is 0 Å². The van der Waals surface area contributed by atoms with Crippen LogP contribution in [-0.4, -0.2) is 35.0 Å². The Morgan fingerprint density at radius 1 is 0.882 bits per heavy atom. The second kappa shape index (κ2) is 7.53. The topological polar surface area (TPSA) is 107 Å². The van der Waals surface area contributed by atoms with Gasteiger partial charge in [0.2, 0.25) is 0 Å². The molecule has 0 amide bonds. The zero-order chi connectivity index (χ0) is 12.0. The van der Waals surface area contributed by atoms with Crippen LogP contribution in [0.15, 0.2) is 45.6 Å². The van der Waals surface area contributed by atoms with Crippen LogP contribution in [0.4, 0.5) is 0 Å². The summed E-state index contributed by atoms with van der Waals surface area (Å²) in [4.78, 5) is 19.7. The molecule has 7 heteroatoms. The summed E-state index contributed by atoms with van der Waals surface area (Å²) in [6, 6.07) is 5.64. The van der Waals surface area contributed by atoms with Gasteiger partial charge < -0.3 is 28.6 Å². The molecule has 0 bridgehead atoms. The van der Waals surface area contributed by atoms with E-state index in [9.17, 15) is 19.8 Å². The number of rotatable bonds is 2. The van der Waals surface area contributed by atoms with Gasteiger partial charge in [0.15, 0.2) is 0 Å². The average molecular weight is 246 g/mol. The summed E-state index contributed by atoms with van der Waals surface area (Å²) in [5, 5.41) is 19.7. The van der Waals surface area contributed by atoms with Gasteiger partial charge in [0.1, 0.15) is 23.5 Å². The molecule has 0 aliphatic carbocycles. The fraction of sp³-hybridized carbons (Fsp3) is 0. The quantitative estimate of drug-likeness (QED) is 0.623. The molecule has 84 valence electrons. The summed E-state index contributed by atoms with van der Waals surface area (Å²) in [5.41, 5.74) is 0. The number of carboxylic acid groups (broad SMARTS) is 2. The van der Waals surface area contributed by atoms with Gasteiger partial charge in [-0.1, -0.05) is 0 Å². The molecule has 2 aromatic rings. The normalized spacial score (nSPS) is 8.47. The third-order valence-electron chi connectivity index (χ3n) is 1.44. The first-order chi connectivity index (χ1) is 7.61. The Hall–Kier alpha value is -1.73. The molecule has 0 saturated heterocycles. The van der Waals surface area contributed by atoms with Gasteiger partial charge in [-0.3, -0.25) is 0 Å². The van der Waals surface area contributed by atoms with Gasteiger partial charge in [0.25, 0.3) is 0 Å². The van der Waals surface area contributed by atoms with Crippen LogP contribution in [0.25, 0.3) is 0 Å². The van der Waals surface area contributed by atoms with E-state index in [-0.39, 0.29) is 34.6 Å². The summed E-state index contributed by atoms with van der Waals surface area (Å²) < 4.78 is 8.87. The maximum absolute atomic E-state index is 9.86. The van der Waals surface area contributed by atoms with Gasteiger partial charge in [-0.25, -0.2) is 0 Å². The number of hydrogen-bond donors (Lipinski definition) is 0. The average Bonchev–Trinajstić information content (AvgIpc) is 2.93. The van der Waals surface area contributed by atoms with E-state index < -0.39 is 11.9 Å². The van der Waals surface area contributed by atoms with E-state index in [0.717, 1.165) is 0 Å². The Bertz CT molecular complexity index is 401. The predicted octanol–water partition coefficient (Wildman–Crippen LogP) is -1.09. The zero-order valence-electron chi connectivity index (χ0n) is 8.62. The molecule has 2 heterocycles. The van der Waals surface area contributed by atoms with E-state index in [1.54, 1.807) is 0 Å². The number of aromatic carboxylic acids is 2. The van der Waals surface area contributed by atoms with Crippen molar-refractivity contribution in [2.45, 2.75) is 0 Å². The number of furan rings is 2. The monoisotopic (exact) mass is 246 g/mol. The van der Waals surface area contributed by atoms with Gasteiger partial charge in [-0.15, -0.1) is 0 Å². The van der Waals surface area contributed by atoms with E-state index in [1.165, 1.54) is 36.8 Å². The SMILES string of the molecule is O=C([O-])c1ccco1.O=C([O-])c1ccco1.[Mg+2]. The zero-order valence-corrected chi connectivity index (χ0v) is 10.0. The second-order valence-corrected chi connectivity index (χ2v) is 2.53. The first-order valence-corrected chi connectivity index (χ1v) is 4.11. The number of hydrogen-bond acceptors (Lipinski definition) is 6. The molecule has 0 aliphatic rings. The third-order valence-corrected chi connectivity index (χ3v) is 1.44. The molecule has 0 aliphatic heterocycles. The van der Waals surface area contributed by atoms with Crippen LogP contribution in [0.1, 0.15) is 21.1 Å². The fourth-order valence-corrected chi connectivity index (χ4v) is 0.789. The largest absolute Gasteiger partial charge is 2.00 e. The Labute approximate surface area is 112 Å². The molecule has 2 rings (SSSR count). The van der Waals surface area contributed by atoms with Crippen molar-refractivity contribution in [2.75, 3.05) is 0 Å². The van der Waals surface area contributed by atoms with Crippen molar-refractivity contribution in [2.24, 2.45) is 0 Å². The van der Waals surface area contributed by atoms with Crippen LogP contribution in [0, 0.1) is 0 Å². The van der Waals surface area contributed by atoms with Crippen LogP contribution < -0.4 is 10.2 Å². The molecule has 0 N–H and O–H groups in total. The van der Waals surface area contributed by atoms with Crippen LogP contribution in [0.2, 0.25) is 0 Å². The van der Waals surface area contributed by atoms with Crippen molar-refractivity contribution in [3.63, 3.8) is 0 Å². The number of carboxylic acids is 2. The number of carbonyl (C=O) groups is 2. The van der Waals surface area contributed by atoms with E-state index in [2.05, 4.69) is 8.83 Å². The minimum Gasteiger partial charge on any atom is -0.542 e. The molecule has 0 radical (unpaired) electrons. The molecule has 0 saturated carbocycles. The molecular weight excluding hydrogens is 240 g/mol. The van der Waals surface area contributed by atoms with Crippen molar-refractivity contribution >= 4 is 35.0 Å². The van der Waals surface area contributed by atoms with Gasteiger partial charge >= 0.3 is 23.1 Å². The molecule has 0 unspecified atom stereocenters. The molecular formula is C10H6MgO6. The van der Waals surface area contributed by atoms with Crippen LogP contribution in [0.5, 0.6) is 0 Å². The van der Waals surface area contributed by atoms with E-state index in [4.69, 9.17) is 0 Å². The summed E-state index contributed by atoms with van der Waals surface area (Å²) in [6.45, 7) is 0. The number of carbonyl (C=O) groups excluding carboxylic acids is 2. The Morgan fingerprint density at radius 3 is 1.35 bits per heavy atom. The molecule has 2 aromatic heterocycles. The van der Waals surface area contributed by atoms with Crippen molar-refractivity contribution < 1.29 is 28.6 Å². The molecule has 0 atom stereocenters. The van der Waals surface area contributed by atoms with Gasteiger partial charge in [-0.05, 0) is 24.3 Å². The first-order valence-electron chi connectivity index (χ1n) is 4.11. The molecule has 0 aromatic carbocycles. The van der Waals surface area contributed by atoms with Crippen molar-refractivity contribution in [3.05, 3.63) is 48.3 Å². The fourth-order valence-electron chi connectivity index (χ4n) is 0.789. The van der Waals surface area contributed by atoms with Gasteiger partial charge in [-0.2, -0.15) is 0 Å². The molecule has 0 spiro atoms. The smallest absolute Gasteiger partial charge is 0.542 e. The van der Waals surface area contributed by atoms with Crippen molar-refractivity contribution in [3.8, 4) is 0 Å². The van der Waals surface area contributed by atoms with Gasteiger partial charge in [0.05, 0.1) is 12.5 Å². The molecule has 6 nitrogen and oxygen atoms in total. The first kappa shape index (κ1) is 15.3. The predicted molar refractivity (Wildman–Crippen MR) is 51.8 cm³/mol. The molecule has 0 fully saturated rings. The van der Waals surface area contributed by atoms with Crippen LogP contribution >= 0.6 is 0 Å². The Morgan fingerprint density at radius 2 is 1.24 bits per heavy atom. The van der Waals surface area contributed by atoms with Crippen molar-refractivity contribution in [1.82, 2.24) is 0 Å².